The molecular formula is C18H26FIN4O. The SMILES string of the molecule is CCC(CC)c1cc(CNC(=NC)NCc2cccc(F)c2)on1.I. The number of guanidine groups is 1. The molecule has 0 aliphatic rings. The summed E-state index contributed by atoms with van der Waals surface area (Å²) < 4.78 is 18.6. The van der Waals surface area contributed by atoms with Gasteiger partial charge in [0.2, 0.25) is 0 Å². The molecule has 0 spiro atoms. The molecular weight excluding hydrogens is 434 g/mol. The third kappa shape index (κ3) is 6.64. The van der Waals surface area contributed by atoms with Crippen LogP contribution in [0.1, 0.15) is 49.6 Å². The topological polar surface area (TPSA) is 62.5 Å². The minimum Gasteiger partial charge on any atom is -0.359 e. The van der Waals surface area contributed by atoms with Crippen molar-refractivity contribution in [3.63, 3.8) is 0 Å². The van der Waals surface area contributed by atoms with Gasteiger partial charge in [0.1, 0.15) is 5.82 Å². The van der Waals surface area contributed by atoms with Crippen molar-refractivity contribution in [2.24, 2.45) is 4.99 Å². The maximum atomic E-state index is 13.2. The summed E-state index contributed by atoms with van der Waals surface area (Å²) in [5, 5.41) is 10.5. The molecule has 0 saturated heterocycles. The Labute approximate surface area is 165 Å². The van der Waals surface area contributed by atoms with Crippen LogP contribution >= 0.6 is 24.0 Å². The lowest BCUT2D eigenvalue weighted by Crippen LogP contribution is -2.36. The molecule has 0 unspecified atom stereocenters. The van der Waals surface area contributed by atoms with Gasteiger partial charge in [0, 0.05) is 25.6 Å². The van der Waals surface area contributed by atoms with E-state index in [9.17, 15) is 4.39 Å². The summed E-state index contributed by atoms with van der Waals surface area (Å²) in [6.45, 7) is 5.29. The molecule has 7 heteroatoms. The first-order valence-corrected chi connectivity index (χ1v) is 8.30. The zero-order valence-corrected chi connectivity index (χ0v) is 17.2. The minimum atomic E-state index is -0.243. The maximum Gasteiger partial charge on any atom is 0.191 e. The largest absolute Gasteiger partial charge is 0.359 e. The molecule has 0 fully saturated rings. The summed E-state index contributed by atoms with van der Waals surface area (Å²) in [6, 6.07) is 8.47. The number of hydrogen-bond acceptors (Lipinski definition) is 3. The van der Waals surface area contributed by atoms with Gasteiger partial charge in [-0.1, -0.05) is 31.1 Å². The Balaban J connectivity index is 0.00000312. The Morgan fingerprint density at radius 3 is 2.56 bits per heavy atom. The summed E-state index contributed by atoms with van der Waals surface area (Å²) in [6.07, 6.45) is 2.10. The van der Waals surface area contributed by atoms with Gasteiger partial charge in [-0.25, -0.2) is 4.39 Å². The monoisotopic (exact) mass is 460 g/mol. The molecule has 2 aromatic rings. The highest BCUT2D eigenvalue weighted by Crippen LogP contribution is 2.22. The molecule has 0 aliphatic heterocycles. The molecule has 1 aromatic heterocycles. The zero-order valence-electron chi connectivity index (χ0n) is 14.9. The Morgan fingerprint density at radius 1 is 1.20 bits per heavy atom. The van der Waals surface area contributed by atoms with Crippen LogP contribution in [0.3, 0.4) is 0 Å². The fourth-order valence-electron chi connectivity index (χ4n) is 2.54. The van der Waals surface area contributed by atoms with Crippen LogP contribution in [0.4, 0.5) is 4.39 Å². The van der Waals surface area contributed by atoms with Crippen LogP contribution in [0.2, 0.25) is 0 Å². The molecule has 0 aliphatic carbocycles. The summed E-state index contributed by atoms with van der Waals surface area (Å²) in [4.78, 5) is 4.15. The number of nitrogens with zero attached hydrogens (tertiary/aromatic N) is 2. The quantitative estimate of drug-likeness (QED) is 0.370. The predicted molar refractivity (Wildman–Crippen MR) is 109 cm³/mol. The van der Waals surface area contributed by atoms with Gasteiger partial charge in [-0.2, -0.15) is 0 Å². The lowest BCUT2D eigenvalue weighted by atomic mass is 9.99. The number of rotatable bonds is 7. The zero-order chi connectivity index (χ0) is 17.4. The van der Waals surface area contributed by atoms with Crippen molar-refractivity contribution >= 4 is 29.9 Å². The number of benzene rings is 1. The van der Waals surface area contributed by atoms with Gasteiger partial charge in [-0.05, 0) is 30.5 Å². The van der Waals surface area contributed by atoms with Crippen molar-refractivity contribution in [2.75, 3.05) is 7.05 Å². The second kappa shape index (κ2) is 11.1. The summed E-state index contributed by atoms with van der Waals surface area (Å²) in [7, 11) is 1.69. The van der Waals surface area contributed by atoms with Crippen molar-refractivity contribution in [1.29, 1.82) is 0 Å². The maximum absolute atomic E-state index is 13.2. The third-order valence-corrected chi connectivity index (χ3v) is 3.98. The molecule has 25 heavy (non-hydrogen) atoms. The Kier molecular flexibility index (Phi) is 9.48. The number of aliphatic imine (C=N–C) groups is 1. The molecule has 0 atom stereocenters. The Bertz CT molecular complexity index is 671. The second-order valence-corrected chi connectivity index (χ2v) is 5.64. The highest BCUT2D eigenvalue weighted by molar-refractivity contribution is 14.0. The van der Waals surface area contributed by atoms with E-state index >= 15 is 0 Å². The van der Waals surface area contributed by atoms with Crippen molar-refractivity contribution in [3.05, 3.63) is 53.2 Å². The van der Waals surface area contributed by atoms with Gasteiger partial charge in [-0.15, -0.1) is 24.0 Å². The molecule has 0 saturated carbocycles. The summed E-state index contributed by atoms with van der Waals surface area (Å²) in [5.74, 6) is 1.59. The van der Waals surface area contributed by atoms with E-state index in [0.29, 0.717) is 25.0 Å². The predicted octanol–water partition coefficient (Wildman–Crippen LogP) is 4.20. The van der Waals surface area contributed by atoms with E-state index in [1.165, 1.54) is 12.1 Å². The molecule has 138 valence electrons. The molecule has 2 N–H and O–H groups in total. The summed E-state index contributed by atoms with van der Waals surface area (Å²) in [5.41, 5.74) is 1.85. The normalized spacial score (nSPS) is 11.3. The van der Waals surface area contributed by atoms with E-state index in [1.807, 2.05) is 12.1 Å². The lowest BCUT2D eigenvalue weighted by molar-refractivity contribution is 0.368. The average Bonchev–Trinajstić information content (AvgIpc) is 3.05. The van der Waals surface area contributed by atoms with E-state index in [0.717, 1.165) is 29.9 Å². The van der Waals surface area contributed by atoms with E-state index in [4.69, 9.17) is 4.52 Å². The number of hydrogen-bond donors (Lipinski definition) is 2. The molecule has 1 aromatic carbocycles. The fraction of sp³-hybridized carbons (Fsp3) is 0.444. The van der Waals surface area contributed by atoms with Gasteiger partial charge in [0.15, 0.2) is 11.7 Å². The lowest BCUT2D eigenvalue weighted by Gasteiger charge is -2.10. The van der Waals surface area contributed by atoms with E-state index in [1.54, 1.807) is 13.1 Å². The molecule has 0 radical (unpaired) electrons. The molecule has 2 rings (SSSR count). The first kappa shape index (κ1) is 21.4. The number of halogens is 2. The second-order valence-electron chi connectivity index (χ2n) is 5.64. The first-order valence-electron chi connectivity index (χ1n) is 8.30. The van der Waals surface area contributed by atoms with Crippen LogP contribution in [0.25, 0.3) is 0 Å². The number of aromatic nitrogens is 1. The van der Waals surface area contributed by atoms with E-state index in [2.05, 4.69) is 34.6 Å². The summed E-state index contributed by atoms with van der Waals surface area (Å²) >= 11 is 0. The smallest absolute Gasteiger partial charge is 0.191 e. The van der Waals surface area contributed by atoms with Crippen molar-refractivity contribution in [1.82, 2.24) is 15.8 Å². The van der Waals surface area contributed by atoms with Crippen molar-refractivity contribution < 1.29 is 8.91 Å². The Hall–Kier alpha value is -1.64. The third-order valence-electron chi connectivity index (χ3n) is 3.98. The standard InChI is InChI=1S/C18H25FN4O.HI/c1-4-14(5-2)17-10-16(24-23-17)12-22-18(20-3)21-11-13-7-6-8-15(19)9-13;/h6-10,14H,4-5,11-12H2,1-3H3,(H2,20,21,22);1H. The van der Waals surface area contributed by atoms with Crippen LogP contribution in [-0.4, -0.2) is 18.2 Å². The average molecular weight is 460 g/mol. The van der Waals surface area contributed by atoms with Crippen LogP contribution < -0.4 is 10.6 Å². The van der Waals surface area contributed by atoms with E-state index < -0.39 is 0 Å². The minimum absolute atomic E-state index is 0. The highest BCUT2D eigenvalue weighted by Gasteiger charge is 2.13. The fourth-order valence-corrected chi connectivity index (χ4v) is 2.54. The van der Waals surface area contributed by atoms with Crippen molar-refractivity contribution in [3.8, 4) is 0 Å². The van der Waals surface area contributed by atoms with E-state index in [-0.39, 0.29) is 29.8 Å². The molecule has 0 amide bonds. The molecule has 5 nitrogen and oxygen atoms in total. The van der Waals surface area contributed by atoms with Gasteiger partial charge in [-0.3, -0.25) is 4.99 Å². The highest BCUT2D eigenvalue weighted by atomic mass is 127. The van der Waals surface area contributed by atoms with Crippen molar-refractivity contribution in [2.45, 2.75) is 45.7 Å². The number of nitrogens with one attached hydrogen (secondary N) is 2. The Morgan fingerprint density at radius 2 is 1.92 bits per heavy atom. The van der Waals surface area contributed by atoms with Gasteiger partial charge >= 0.3 is 0 Å². The molecule has 0 bridgehead atoms. The van der Waals surface area contributed by atoms with Crippen LogP contribution in [-0.2, 0) is 13.1 Å². The first-order chi connectivity index (χ1) is 11.7. The van der Waals surface area contributed by atoms with Gasteiger partial charge in [0.25, 0.3) is 0 Å². The van der Waals surface area contributed by atoms with Crippen LogP contribution in [0, 0.1) is 5.82 Å². The molecule has 1 heterocycles. The van der Waals surface area contributed by atoms with Crippen LogP contribution in [0.5, 0.6) is 0 Å². The van der Waals surface area contributed by atoms with Gasteiger partial charge < -0.3 is 15.2 Å². The van der Waals surface area contributed by atoms with Crippen LogP contribution in [0.15, 0.2) is 39.8 Å². The van der Waals surface area contributed by atoms with Gasteiger partial charge in [0.05, 0.1) is 12.2 Å².